The van der Waals surface area contributed by atoms with Crippen LogP contribution < -0.4 is 5.32 Å². The fourth-order valence-corrected chi connectivity index (χ4v) is 1.54. The second-order valence-electron chi connectivity index (χ2n) is 4.35. The van der Waals surface area contributed by atoms with Gasteiger partial charge in [-0.05, 0) is 36.6 Å². The van der Waals surface area contributed by atoms with E-state index in [0.29, 0.717) is 17.9 Å². The highest BCUT2D eigenvalue weighted by atomic mass is 16.4. The van der Waals surface area contributed by atoms with Crippen LogP contribution >= 0.6 is 0 Å². The van der Waals surface area contributed by atoms with Crippen LogP contribution in [0.5, 0.6) is 0 Å². The van der Waals surface area contributed by atoms with Crippen molar-refractivity contribution in [2.45, 2.75) is 26.3 Å². The molecule has 0 amide bonds. The van der Waals surface area contributed by atoms with Gasteiger partial charge in [0, 0.05) is 5.69 Å². The van der Waals surface area contributed by atoms with Gasteiger partial charge in [-0.2, -0.15) is 5.26 Å². The summed E-state index contributed by atoms with van der Waals surface area (Å²) in [5.74, 6) is -0.551. The molecule has 0 bridgehead atoms. The summed E-state index contributed by atoms with van der Waals surface area (Å²) >= 11 is 0. The maximum Gasteiger partial charge on any atom is 0.326 e. The van der Waals surface area contributed by atoms with E-state index in [0.717, 1.165) is 5.69 Å². The SMILES string of the molecule is CC(C)C[C@H](Nc1ccc(C#N)cc1)C(=O)O. The maximum atomic E-state index is 11.0. The van der Waals surface area contributed by atoms with E-state index in [2.05, 4.69) is 5.32 Å². The molecule has 0 unspecified atom stereocenters. The number of carbonyl (C=O) groups is 1. The molecule has 0 saturated heterocycles. The lowest BCUT2D eigenvalue weighted by atomic mass is 10.0. The van der Waals surface area contributed by atoms with E-state index in [1.165, 1.54) is 0 Å². The molecule has 1 rings (SSSR count). The van der Waals surface area contributed by atoms with Crippen molar-refractivity contribution in [3.8, 4) is 6.07 Å². The largest absolute Gasteiger partial charge is 0.480 e. The Morgan fingerprint density at radius 2 is 2.00 bits per heavy atom. The van der Waals surface area contributed by atoms with E-state index in [1.807, 2.05) is 19.9 Å². The maximum absolute atomic E-state index is 11.0. The summed E-state index contributed by atoms with van der Waals surface area (Å²) in [6.45, 7) is 3.97. The minimum atomic E-state index is -0.858. The zero-order valence-corrected chi connectivity index (χ0v) is 9.97. The van der Waals surface area contributed by atoms with Gasteiger partial charge in [-0.15, -0.1) is 0 Å². The number of nitrogens with one attached hydrogen (secondary N) is 1. The van der Waals surface area contributed by atoms with Crippen molar-refractivity contribution in [2.24, 2.45) is 5.92 Å². The van der Waals surface area contributed by atoms with Crippen LogP contribution in [0.2, 0.25) is 0 Å². The summed E-state index contributed by atoms with van der Waals surface area (Å²) in [4.78, 5) is 11.0. The Morgan fingerprint density at radius 1 is 1.41 bits per heavy atom. The molecule has 0 aliphatic carbocycles. The third-order valence-corrected chi connectivity index (χ3v) is 2.36. The normalized spacial score (nSPS) is 11.9. The van der Waals surface area contributed by atoms with Crippen molar-refractivity contribution in [3.05, 3.63) is 29.8 Å². The quantitative estimate of drug-likeness (QED) is 0.817. The van der Waals surface area contributed by atoms with Gasteiger partial charge in [0.15, 0.2) is 0 Å². The number of nitrogens with zero attached hydrogens (tertiary/aromatic N) is 1. The molecule has 1 aromatic carbocycles. The highest BCUT2D eigenvalue weighted by Gasteiger charge is 2.18. The van der Waals surface area contributed by atoms with Crippen molar-refractivity contribution < 1.29 is 9.90 Å². The molecule has 0 saturated carbocycles. The van der Waals surface area contributed by atoms with Gasteiger partial charge in [0.2, 0.25) is 0 Å². The van der Waals surface area contributed by atoms with Crippen LogP contribution in [0, 0.1) is 17.2 Å². The van der Waals surface area contributed by atoms with Crippen LogP contribution in [0.3, 0.4) is 0 Å². The second kappa shape index (κ2) is 5.90. The smallest absolute Gasteiger partial charge is 0.326 e. The minimum Gasteiger partial charge on any atom is -0.480 e. The standard InChI is InChI=1S/C13H16N2O2/c1-9(2)7-12(13(16)17)15-11-5-3-10(8-14)4-6-11/h3-6,9,12,15H,7H2,1-2H3,(H,16,17)/t12-/m0/s1. The number of carboxylic acids is 1. The Balaban J connectivity index is 2.72. The Kier molecular flexibility index (Phi) is 4.53. The van der Waals surface area contributed by atoms with Crippen molar-refractivity contribution in [1.82, 2.24) is 0 Å². The molecule has 1 atom stereocenters. The highest BCUT2D eigenvalue weighted by Crippen LogP contribution is 2.14. The van der Waals surface area contributed by atoms with Crippen molar-refractivity contribution in [2.75, 3.05) is 5.32 Å². The molecule has 0 spiro atoms. The molecule has 90 valence electrons. The molecule has 17 heavy (non-hydrogen) atoms. The third-order valence-electron chi connectivity index (χ3n) is 2.36. The Labute approximate surface area is 101 Å². The summed E-state index contributed by atoms with van der Waals surface area (Å²) in [5, 5.41) is 20.7. The molecule has 0 heterocycles. The molecule has 1 aromatic rings. The zero-order chi connectivity index (χ0) is 12.8. The summed E-state index contributed by atoms with van der Waals surface area (Å²) in [7, 11) is 0. The molecule has 4 heteroatoms. The van der Waals surface area contributed by atoms with Gasteiger partial charge >= 0.3 is 5.97 Å². The van der Waals surface area contributed by atoms with E-state index >= 15 is 0 Å². The number of anilines is 1. The number of aliphatic carboxylic acids is 1. The first-order valence-electron chi connectivity index (χ1n) is 5.52. The van der Waals surface area contributed by atoms with E-state index in [-0.39, 0.29) is 0 Å². The number of hydrogen-bond acceptors (Lipinski definition) is 3. The number of carboxylic acid groups (broad SMARTS) is 1. The number of hydrogen-bond donors (Lipinski definition) is 2. The lowest BCUT2D eigenvalue weighted by Gasteiger charge is -2.17. The Hall–Kier alpha value is -2.02. The molecular formula is C13H16N2O2. The van der Waals surface area contributed by atoms with E-state index in [4.69, 9.17) is 10.4 Å². The second-order valence-corrected chi connectivity index (χ2v) is 4.35. The fourth-order valence-electron chi connectivity index (χ4n) is 1.54. The first-order valence-corrected chi connectivity index (χ1v) is 5.52. The lowest BCUT2D eigenvalue weighted by molar-refractivity contribution is -0.138. The Morgan fingerprint density at radius 3 is 2.41 bits per heavy atom. The zero-order valence-electron chi connectivity index (χ0n) is 9.97. The number of rotatable bonds is 5. The first kappa shape index (κ1) is 13.0. The summed E-state index contributed by atoms with van der Waals surface area (Å²) < 4.78 is 0. The minimum absolute atomic E-state index is 0.307. The van der Waals surface area contributed by atoms with Crippen molar-refractivity contribution >= 4 is 11.7 Å². The van der Waals surface area contributed by atoms with Crippen LogP contribution in [0.1, 0.15) is 25.8 Å². The first-order chi connectivity index (χ1) is 8.02. The average molecular weight is 232 g/mol. The van der Waals surface area contributed by atoms with Gasteiger partial charge in [0.25, 0.3) is 0 Å². The van der Waals surface area contributed by atoms with Gasteiger partial charge in [0.05, 0.1) is 11.6 Å². The number of benzene rings is 1. The summed E-state index contributed by atoms with van der Waals surface area (Å²) in [5.41, 5.74) is 1.28. The van der Waals surface area contributed by atoms with Gasteiger partial charge in [0.1, 0.15) is 6.04 Å². The Bertz CT molecular complexity index is 418. The molecule has 0 aliphatic rings. The molecule has 2 N–H and O–H groups in total. The van der Waals surface area contributed by atoms with Crippen LogP contribution in [0.25, 0.3) is 0 Å². The predicted molar refractivity (Wildman–Crippen MR) is 65.7 cm³/mol. The van der Waals surface area contributed by atoms with Crippen LogP contribution in [0.15, 0.2) is 24.3 Å². The summed E-state index contributed by atoms with van der Waals surface area (Å²) in [6, 6.07) is 8.18. The lowest BCUT2D eigenvalue weighted by Crippen LogP contribution is -2.30. The van der Waals surface area contributed by atoms with Crippen LogP contribution in [-0.2, 0) is 4.79 Å². The van der Waals surface area contributed by atoms with Crippen molar-refractivity contribution in [1.29, 1.82) is 5.26 Å². The van der Waals surface area contributed by atoms with E-state index in [9.17, 15) is 4.79 Å². The van der Waals surface area contributed by atoms with Gasteiger partial charge in [-0.1, -0.05) is 13.8 Å². The predicted octanol–water partition coefficient (Wildman–Crippen LogP) is 2.47. The van der Waals surface area contributed by atoms with Crippen LogP contribution in [0.4, 0.5) is 5.69 Å². The van der Waals surface area contributed by atoms with E-state index < -0.39 is 12.0 Å². The molecule has 0 aliphatic heterocycles. The molecule has 0 radical (unpaired) electrons. The monoisotopic (exact) mass is 232 g/mol. The van der Waals surface area contributed by atoms with E-state index in [1.54, 1.807) is 24.3 Å². The van der Waals surface area contributed by atoms with Crippen LogP contribution in [-0.4, -0.2) is 17.1 Å². The molecule has 0 aromatic heterocycles. The molecule has 0 fully saturated rings. The average Bonchev–Trinajstić information content (AvgIpc) is 2.28. The van der Waals surface area contributed by atoms with Gasteiger partial charge in [-0.25, -0.2) is 4.79 Å². The van der Waals surface area contributed by atoms with Gasteiger partial charge in [-0.3, -0.25) is 0 Å². The third kappa shape index (κ3) is 4.15. The molecular weight excluding hydrogens is 216 g/mol. The number of nitriles is 1. The molecule has 4 nitrogen and oxygen atoms in total. The fraction of sp³-hybridized carbons (Fsp3) is 0.385. The van der Waals surface area contributed by atoms with Gasteiger partial charge < -0.3 is 10.4 Å². The highest BCUT2D eigenvalue weighted by molar-refractivity contribution is 5.77. The summed E-state index contributed by atoms with van der Waals surface area (Å²) in [6.07, 6.45) is 0.565. The van der Waals surface area contributed by atoms with Crippen molar-refractivity contribution in [3.63, 3.8) is 0 Å². The topological polar surface area (TPSA) is 73.1 Å².